The number of rotatable bonds is 12. The highest BCUT2D eigenvalue weighted by Crippen LogP contribution is 2.20. The Morgan fingerprint density at radius 3 is 2.65 bits per heavy atom. The molecule has 0 fully saturated rings. The summed E-state index contributed by atoms with van der Waals surface area (Å²) in [5.74, 6) is -3.01. The van der Waals surface area contributed by atoms with Crippen LogP contribution in [0.25, 0.3) is 16.4 Å². The molecule has 0 saturated carbocycles. The van der Waals surface area contributed by atoms with E-state index in [1.807, 2.05) is 24.3 Å². The van der Waals surface area contributed by atoms with Crippen molar-refractivity contribution in [2.75, 3.05) is 0 Å². The smallest absolute Gasteiger partial charge is 0.328 e. The minimum absolute atomic E-state index is 0.0188. The van der Waals surface area contributed by atoms with Gasteiger partial charge in [0.15, 0.2) is 6.10 Å². The van der Waals surface area contributed by atoms with Crippen LogP contribution in [0.4, 0.5) is 0 Å². The van der Waals surface area contributed by atoms with Gasteiger partial charge in [-0.15, -0.1) is 0 Å². The number of hydrogen-bond acceptors (Lipinski definition) is 7. The van der Waals surface area contributed by atoms with E-state index in [2.05, 4.69) is 15.1 Å². The molecule has 0 radical (unpaired) electrons. The van der Waals surface area contributed by atoms with Crippen LogP contribution in [0.1, 0.15) is 38.7 Å². The van der Waals surface area contributed by atoms with Crippen LogP contribution in [0.3, 0.4) is 0 Å². The summed E-state index contributed by atoms with van der Waals surface area (Å²) >= 11 is 0. The number of fused-ring (bicyclic) bond motifs is 1. The number of H-pyrrole nitrogens is 1. The predicted molar refractivity (Wildman–Crippen MR) is 119 cm³/mol. The lowest BCUT2D eigenvalue weighted by atomic mass is 10.0. The third kappa shape index (κ3) is 7.69. The lowest BCUT2D eigenvalue weighted by Crippen LogP contribution is -2.48. The van der Waals surface area contributed by atoms with E-state index in [0.717, 1.165) is 10.9 Å². The van der Waals surface area contributed by atoms with Gasteiger partial charge in [0, 0.05) is 29.9 Å². The maximum atomic E-state index is 13.1. The van der Waals surface area contributed by atoms with Crippen molar-refractivity contribution in [1.29, 1.82) is 5.26 Å². The molecule has 11 heteroatoms. The number of nitrogens with one attached hydrogen (secondary N) is 2. The first-order valence-electron chi connectivity index (χ1n) is 10.6. The molecule has 178 valence electrons. The zero-order valence-corrected chi connectivity index (χ0v) is 18.8. The predicted octanol–water partition coefficient (Wildman–Crippen LogP) is 1.62. The monoisotopic (exact) mass is 467 g/mol. The van der Waals surface area contributed by atoms with E-state index in [1.54, 1.807) is 26.1 Å². The van der Waals surface area contributed by atoms with Crippen LogP contribution in [0.5, 0.6) is 0 Å². The van der Waals surface area contributed by atoms with Crippen LogP contribution >= 0.6 is 0 Å². The Hall–Kier alpha value is -4.29. The minimum atomic E-state index is -1.34. The second-order valence-corrected chi connectivity index (χ2v) is 7.67. The van der Waals surface area contributed by atoms with E-state index < -0.39 is 48.3 Å². The number of ketones is 1. The van der Waals surface area contributed by atoms with E-state index in [4.69, 9.17) is 20.3 Å². The lowest BCUT2D eigenvalue weighted by molar-refractivity contribution is -0.157. The second kappa shape index (κ2) is 12.7. The summed E-state index contributed by atoms with van der Waals surface area (Å²) < 4.78 is 10.4. The first-order valence-corrected chi connectivity index (χ1v) is 10.6. The molecule has 1 unspecified atom stereocenters. The first-order chi connectivity index (χ1) is 16.2. The molecule has 0 spiro atoms. The third-order valence-corrected chi connectivity index (χ3v) is 4.70. The molecule has 11 nitrogen and oxygen atoms in total. The number of Topliss-reactive ketones (excluding diaryl/α,β-unsaturated/α-hetero) is 1. The number of para-hydroxylation sites is 1. The number of esters is 2. The number of carbonyl (C=O) groups excluding carboxylic acids is 4. The molecule has 0 aliphatic carbocycles. The molecule has 2 aromatic rings. The van der Waals surface area contributed by atoms with Crippen LogP contribution in [-0.2, 0) is 35.1 Å². The quantitative estimate of drug-likeness (QED) is 0.206. The van der Waals surface area contributed by atoms with Gasteiger partial charge in [0.25, 0.3) is 5.91 Å². The van der Waals surface area contributed by atoms with Gasteiger partial charge in [0.1, 0.15) is 12.5 Å². The first kappa shape index (κ1) is 26.0. The topological polar surface area (TPSA) is 175 Å². The van der Waals surface area contributed by atoms with Crippen LogP contribution in [0, 0.1) is 11.3 Å². The van der Waals surface area contributed by atoms with Crippen molar-refractivity contribution in [2.24, 2.45) is 0 Å². The van der Waals surface area contributed by atoms with E-state index >= 15 is 0 Å². The molecular formula is C23H25N5O6. The zero-order valence-electron chi connectivity index (χ0n) is 18.8. The number of carbonyl (C=O) groups is 4. The van der Waals surface area contributed by atoms with Gasteiger partial charge < -0.3 is 25.3 Å². The van der Waals surface area contributed by atoms with Crippen LogP contribution in [0.2, 0.25) is 0 Å². The Kier molecular flexibility index (Phi) is 9.68. The number of aromatic nitrogens is 1. The summed E-state index contributed by atoms with van der Waals surface area (Å²) in [6, 6.07) is 7.80. The number of aromatic amines is 1. The average Bonchev–Trinajstić information content (AvgIpc) is 3.18. The molecule has 1 aromatic carbocycles. The fourth-order valence-electron chi connectivity index (χ4n) is 3.20. The molecule has 1 heterocycles. The van der Waals surface area contributed by atoms with E-state index in [-0.39, 0.29) is 19.3 Å². The summed E-state index contributed by atoms with van der Waals surface area (Å²) in [6.07, 6.45) is -0.351. The third-order valence-electron chi connectivity index (χ3n) is 4.70. The summed E-state index contributed by atoms with van der Waals surface area (Å²) in [7, 11) is 0. The van der Waals surface area contributed by atoms with Crippen LogP contribution in [0.15, 0.2) is 30.5 Å². The van der Waals surface area contributed by atoms with Crippen LogP contribution < -0.4 is 5.32 Å². The standard InChI is InChI=1S/C23H25N5O6/c1-14(2)33-23(32)19(8-7-16(29)13-27-25)28-22(31)20(34-21(30)9-10-24)11-15-12-26-18-6-4-3-5-17(15)18/h3-6,12-14,19-20,26H,7-9,11H2,1-2H3,(H,28,31)/t19-,20?/m0/s1. The van der Waals surface area contributed by atoms with Crippen molar-refractivity contribution >= 4 is 40.7 Å². The summed E-state index contributed by atoms with van der Waals surface area (Å²) in [5, 5.41) is 12.1. The van der Waals surface area contributed by atoms with Crippen molar-refractivity contribution in [1.82, 2.24) is 10.3 Å². The molecule has 0 aliphatic rings. The molecular weight excluding hydrogens is 442 g/mol. The maximum absolute atomic E-state index is 13.1. The molecule has 2 rings (SSSR count). The van der Waals surface area contributed by atoms with Gasteiger partial charge in [-0.05, 0) is 31.9 Å². The van der Waals surface area contributed by atoms with Crippen molar-refractivity contribution in [3.05, 3.63) is 41.6 Å². The Bertz CT molecular complexity index is 1140. The van der Waals surface area contributed by atoms with Gasteiger partial charge in [0.2, 0.25) is 5.78 Å². The Balaban J connectivity index is 2.25. The van der Waals surface area contributed by atoms with E-state index in [0.29, 0.717) is 11.8 Å². The van der Waals surface area contributed by atoms with Crippen molar-refractivity contribution in [2.45, 2.75) is 57.8 Å². The van der Waals surface area contributed by atoms with E-state index in [9.17, 15) is 19.2 Å². The maximum Gasteiger partial charge on any atom is 0.328 e. The number of hydrogen-bond donors (Lipinski definition) is 2. The van der Waals surface area contributed by atoms with Gasteiger partial charge in [0.05, 0.1) is 12.2 Å². The number of nitriles is 1. The molecule has 0 saturated heterocycles. The van der Waals surface area contributed by atoms with Gasteiger partial charge in [-0.2, -0.15) is 10.1 Å². The SMILES string of the molecule is CC(C)OC(=O)[C@H](CCC(=O)C=[N+]=[N-])NC(=O)C(Cc1c[nH]c2ccccc12)OC(=O)CC#N. The highest BCUT2D eigenvalue weighted by Gasteiger charge is 2.30. The number of benzene rings is 1. The van der Waals surface area contributed by atoms with Gasteiger partial charge in [-0.1, -0.05) is 18.2 Å². The van der Waals surface area contributed by atoms with Crippen molar-refractivity contribution < 1.29 is 33.4 Å². The molecule has 2 atom stereocenters. The zero-order chi connectivity index (χ0) is 25.1. The minimum Gasteiger partial charge on any atom is -0.461 e. The van der Waals surface area contributed by atoms with Crippen molar-refractivity contribution in [3.8, 4) is 6.07 Å². The molecule has 2 N–H and O–H groups in total. The van der Waals surface area contributed by atoms with Gasteiger partial charge >= 0.3 is 18.2 Å². The fourth-order valence-corrected chi connectivity index (χ4v) is 3.20. The molecule has 0 bridgehead atoms. The summed E-state index contributed by atoms with van der Waals surface area (Å²) in [6.45, 7) is 3.26. The average molecular weight is 467 g/mol. The Morgan fingerprint density at radius 2 is 1.97 bits per heavy atom. The second-order valence-electron chi connectivity index (χ2n) is 7.67. The summed E-state index contributed by atoms with van der Waals surface area (Å²) in [4.78, 5) is 55.0. The van der Waals surface area contributed by atoms with Gasteiger partial charge in [-0.3, -0.25) is 14.4 Å². The largest absolute Gasteiger partial charge is 0.461 e. The summed E-state index contributed by atoms with van der Waals surface area (Å²) in [5.41, 5.74) is 10.00. The Labute approximate surface area is 195 Å². The van der Waals surface area contributed by atoms with Gasteiger partial charge in [-0.25, -0.2) is 4.79 Å². The fraction of sp³-hybridized carbons (Fsp3) is 0.391. The molecule has 0 aliphatic heterocycles. The van der Waals surface area contributed by atoms with Crippen molar-refractivity contribution in [3.63, 3.8) is 0 Å². The number of amides is 1. The Morgan fingerprint density at radius 1 is 1.24 bits per heavy atom. The van der Waals surface area contributed by atoms with Crippen LogP contribution in [-0.4, -0.2) is 57.9 Å². The lowest BCUT2D eigenvalue weighted by Gasteiger charge is -2.22. The molecule has 1 amide bonds. The molecule has 1 aromatic heterocycles. The normalized spacial score (nSPS) is 12.2. The number of nitrogens with zero attached hydrogens (tertiary/aromatic N) is 3. The highest BCUT2D eigenvalue weighted by molar-refractivity contribution is 6.25. The highest BCUT2D eigenvalue weighted by atomic mass is 16.6. The number of ether oxygens (including phenoxy) is 2. The van der Waals surface area contributed by atoms with E-state index in [1.165, 1.54) is 0 Å². The molecule has 34 heavy (non-hydrogen) atoms.